The van der Waals surface area contributed by atoms with Gasteiger partial charge in [-0.15, -0.1) is 11.3 Å². The molecular formula is C16H13NO3S. The van der Waals surface area contributed by atoms with Crippen LogP contribution >= 0.6 is 11.3 Å². The van der Waals surface area contributed by atoms with Gasteiger partial charge < -0.3 is 9.47 Å². The largest absolute Gasteiger partial charge is 0.497 e. The van der Waals surface area contributed by atoms with Crippen molar-refractivity contribution in [2.45, 2.75) is 6.92 Å². The summed E-state index contributed by atoms with van der Waals surface area (Å²) in [6, 6.07) is 9.27. The van der Waals surface area contributed by atoms with Crippen LogP contribution in [0.3, 0.4) is 0 Å². The molecule has 0 saturated carbocycles. The molecule has 2 heterocycles. The van der Waals surface area contributed by atoms with E-state index in [1.807, 2.05) is 36.6 Å². The van der Waals surface area contributed by atoms with Crippen molar-refractivity contribution in [1.82, 2.24) is 0 Å². The number of cyclic esters (lactones) is 1. The highest BCUT2D eigenvalue weighted by Gasteiger charge is 2.24. The number of aliphatic imine (C=N–C) groups is 1. The number of nitrogens with zero attached hydrogens (tertiary/aromatic N) is 1. The predicted octanol–water partition coefficient (Wildman–Crippen LogP) is 3.41. The lowest BCUT2D eigenvalue weighted by molar-refractivity contribution is -0.129. The van der Waals surface area contributed by atoms with Gasteiger partial charge in [0.1, 0.15) is 5.75 Å². The number of rotatable bonds is 3. The van der Waals surface area contributed by atoms with Crippen LogP contribution in [0.15, 0.2) is 46.4 Å². The van der Waals surface area contributed by atoms with Crippen molar-refractivity contribution in [1.29, 1.82) is 0 Å². The third-order valence-corrected chi connectivity index (χ3v) is 4.07. The molecule has 0 spiro atoms. The molecule has 0 fully saturated rings. The van der Waals surface area contributed by atoms with Crippen LogP contribution in [-0.4, -0.2) is 19.0 Å². The number of hydrogen-bond acceptors (Lipinski definition) is 5. The van der Waals surface area contributed by atoms with E-state index in [4.69, 9.17) is 9.47 Å². The van der Waals surface area contributed by atoms with Crippen LogP contribution in [0.1, 0.15) is 16.0 Å². The third-order valence-electron chi connectivity index (χ3n) is 3.11. The van der Waals surface area contributed by atoms with Gasteiger partial charge >= 0.3 is 5.97 Å². The minimum absolute atomic E-state index is 0.305. The lowest BCUT2D eigenvalue weighted by atomic mass is 10.2. The Balaban J connectivity index is 1.95. The Morgan fingerprint density at radius 3 is 2.90 bits per heavy atom. The van der Waals surface area contributed by atoms with Gasteiger partial charge in [0.2, 0.25) is 5.90 Å². The lowest BCUT2D eigenvalue weighted by Crippen LogP contribution is -2.05. The first-order valence-electron chi connectivity index (χ1n) is 6.38. The number of carbonyl (C=O) groups is 1. The Labute approximate surface area is 126 Å². The van der Waals surface area contributed by atoms with Gasteiger partial charge in [-0.05, 0) is 48.2 Å². The van der Waals surface area contributed by atoms with Gasteiger partial charge in [0.05, 0.1) is 7.11 Å². The summed E-state index contributed by atoms with van der Waals surface area (Å²) in [4.78, 5) is 17.2. The molecule has 1 aromatic carbocycles. The summed E-state index contributed by atoms with van der Waals surface area (Å²) in [5, 5.41) is 1.98. The number of ether oxygens (including phenoxy) is 2. The number of benzene rings is 1. The zero-order valence-electron chi connectivity index (χ0n) is 11.6. The number of thiophene rings is 1. The van der Waals surface area contributed by atoms with Crippen molar-refractivity contribution in [3.8, 4) is 5.75 Å². The van der Waals surface area contributed by atoms with Gasteiger partial charge in [-0.25, -0.2) is 9.79 Å². The topological polar surface area (TPSA) is 47.9 Å². The van der Waals surface area contributed by atoms with Crippen LogP contribution in [0.4, 0.5) is 0 Å². The lowest BCUT2D eigenvalue weighted by Gasteiger charge is -2.02. The van der Waals surface area contributed by atoms with Crippen molar-refractivity contribution >= 4 is 29.3 Å². The highest BCUT2D eigenvalue weighted by Crippen LogP contribution is 2.24. The van der Waals surface area contributed by atoms with Crippen LogP contribution in [-0.2, 0) is 9.53 Å². The molecule has 0 bridgehead atoms. The molecule has 21 heavy (non-hydrogen) atoms. The Hall–Kier alpha value is -2.40. The van der Waals surface area contributed by atoms with E-state index in [0.717, 1.165) is 10.4 Å². The first kappa shape index (κ1) is 13.6. The first-order chi connectivity index (χ1) is 10.2. The number of aryl methyl sites for hydroxylation is 1. The number of carbonyl (C=O) groups excluding carboxylic acids is 1. The van der Waals surface area contributed by atoms with E-state index in [2.05, 4.69) is 4.99 Å². The summed E-state index contributed by atoms with van der Waals surface area (Å²) >= 11 is 1.57. The Kier molecular flexibility index (Phi) is 3.58. The fraction of sp³-hybridized carbons (Fsp3) is 0.125. The summed E-state index contributed by atoms with van der Waals surface area (Å²) in [5.41, 5.74) is 2.15. The second kappa shape index (κ2) is 5.54. The molecule has 0 aliphatic carbocycles. The number of hydrogen-bond donors (Lipinski definition) is 0. The zero-order valence-corrected chi connectivity index (χ0v) is 12.4. The van der Waals surface area contributed by atoms with Crippen LogP contribution in [0.5, 0.6) is 5.75 Å². The Morgan fingerprint density at radius 1 is 1.33 bits per heavy atom. The molecule has 0 amide bonds. The van der Waals surface area contributed by atoms with Gasteiger partial charge in [0.15, 0.2) is 5.70 Å². The summed E-state index contributed by atoms with van der Waals surface area (Å²) in [6.45, 7) is 2.00. The molecule has 0 unspecified atom stereocenters. The van der Waals surface area contributed by atoms with E-state index >= 15 is 0 Å². The molecular weight excluding hydrogens is 286 g/mol. The molecule has 0 N–H and O–H groups in total. The predicted molar refractivity (Wildman–Crippen MR) is 82.7 cm³/mol. The standard InChI is InChI=1S/C16H13NO3S/c1-10-6-7-21-14(10)9-13-16(18)20-15(17-13)11-4-3-5-12(8-11)19-2/h3-9H,1-2H3. The molecule has 1 aliphatic rings. The van der Waals surface area contributed by atoms with E-state index in [1.54, 1.807) is 30.6 Å². The van der Waals surface area contributed by atoms with Gasteiger partial charge in [-0.3, -0.25) is 0 Å². The van der Waals surface area contributed by atoms with Crippen molar-refractivity contribution in [2.75, 3.05) is 7.11 Å². The van der Waals surface area contributed by atoms with Crippen molar-refractivity contribution in [3.05, 3.63) is 57.4 Å². The summed E-state index contributed by atoms with van der Waals surface area (Å²) in [6.07, 6.45) is 1.76. The van der Waals surface area contributed by atoms with E-state index < -0.39 is 5.97 Å². The molecule has 2 aromatic rings. The third kappa shape index (κ3) is 2.73. The molecule has 106 valence electrons. The molecule has 1 aliphatic heterocycles. The fourth-order valence-corrected chi connectivity index (χ4v) is 2.80. The molecule has 1 aromatic heterocycles. The van der Waals surface area contributed by atoms with Gasteiger partial charge in [0.25, 0.3) is 0 Å². The molecule has 5 heteroatoms. The molecule has 0 radical (unpaired) electrons. The van der Waals surface area contributed by atoms with Crippen molar-refractivity contribution in [2.24, 2.45) is 4.99 Å². The Bertz CT molecular complexity index is 758. The van der Waals surface area contributed by atoms with Crippen LogP contribution in [0, 0.1) is 6.92 Å². The number of esters is 1. The van der Waals surface area contributed by atoms with Gasteiger partial charge in [0, 0.05) is 10.4 Å². The highest BCUT2D eigenvalue weighted by molar-refractivity contribution is 7.11. The van der Waals surface area contributed by atoms with Gasteiger partial charge in [-0.1, -0.05) is 6.07 Å². The van der Waals surface area contributed by atoms with E-state index in [9.17, 15) is 4.79 Å². The second-order valence-electron chi connectivity index (χ2n) is 4.54. The van der Waals surface area contributed by atoms with Crippen molar-refractivity contribution < 1.29 is 14.3 Å². The van der Waals surface area contributed by atoms with Crippen molar-refractivity contribution in [3.63, 3.8) is 0 Å². The van der Waals surface area contributed by atoms with E-state index in [1.165, 1.54) is 0 Å². The maximum Gasteiger partial charge on any atom is 0.363 e. The first-order valence-corrected chi connectivity index (χ1v) is 7.26. The molecule has 0 saturated heterocycles. The molecule has 0 atom stereocenters. The van der Waals surface area contributed by atoms with Crippen LogP contribution in [0.25, 0.3) is 6.08 Å². The quantitative estimate of drug-likeness (QED) is 0.644. The summed E-state index contributed by atoms with van der Waals surface area (Å²) < 4.78 is 10.4. The highest BCUT2D eigenvalue weighted by atomic mass is 32.1. The zero-order chi connectivity index (χ0) is 14.8. The van der Waals surface area contributed by atoms with Crippen LogP contribution in [0.2, 0.25) is 0 Å². The monoisotopic (exact) mass is 299 g/mol. The minimum Gasteiger partial charge on any atom is -0.497 e. The fourth-order valence-electron chi connectivity index (χ4n) is 1.95. The van der Waals surface area contributed by atoms with E-state index in [0.29, 0.717) is 22.9 Å². The smallest absolute Gasteiger partial charge is 0.363 e. The molecule has 4 nitrogen and oxygen atoms in total. The summed E-state index contributed by atoms with van der Waals surface area (Å²) in [5.74, 6) is 0.567. The normalized spacial score (nSPS) is 16.0. The minimum atomic E-state index is -0.430. The summed E-state index contributed by atoms with van der Waals surface area (Å²) in [7, 11) is 1.59. The Morgan fingerprint density at radius 2 is 2.19 bits per heavy atom. The SMILES string of the molecule is COc1cccc(C2=NC(=Cc3sccc3C)C(=O)O2)c1. The van der Waals surface area contributed by atoms with E-state index in [-0.39, 0.29) is 0 Å². The second-order valence-corrected chi connectivity index (χ2v) is 5.48. The van der Waals surface area contributed by atoms with Gasteiger partial charge in [-0.2, -0.15) is 0 Å². The molecule has 3 rings (SSSR count). The average Bonchev–Trinajstić information content (AvgIpc) is 3.07. The number of methoxy groups -OCH3 is 1. The van der Waals surface area contributed by atoms with Crippen LogP contribution < -0.4 is 4.74 Å². The maximum atomic E-state index is 11.9. The average molecular weight is 299 g/mol. The maximum absolute atomic E-state index is 11.9.